The van der Waals surface area contributed by atoms with Crippen LogP contribution in [-0.4, -0.2) is 0 Å². The van der Waals surface area contributed by atoms with Gasteiger partial charge in [-0.3, -0.25) is 0 Å². The van der Waals surface area contributed by atoms with E-state index in [2.05, 4.69) is 210 Å². The van der Waals surface area contributed by atoms with E-state index < -0.39 is 7.92 Å². The number of rotatable bonds is 9. The first kappa shape index (κ1) is 35.8. The topological polar surface area (TPSA) is 18.5 Å². The first-order valence-corrected chi connectivity index (χ1v) is 21.2. The molecule has 1 unspecified atom stereocenters. The minimum atomic E-state index is -0.983. The zero-order valence-electron chi connectivity index (χ0n) is 31.7. The maximum atomic E-state index is 7.49. The van der Waals surface area contributed by atoms with E-state index in [1.807, 2.05) is 12.1 Å². The summed E-state index contributed by atoms with van der Waals surface area (Å²) >= 11 is 0. The van der Waals surface area contributed by atoms with Crippen LogP contribution in [0.3, 0.4) is 0 Å². The van der Waals surface area contributed by atoms with Gasteiger partial charge in [0.15, 0.2) is 0 Å². The van der Waals surface area contributed by atoms with E-state index >= 15 is 0 Å². The lowest BCUT2D eigenvalue weighted by Crippen LogP contribution is -2.22. The zero-order valence-corrected chi connectivity index (χ0v) is 33.7. The maximum Gasteiger partial charge on any atom is 0.136 e. The van der Waals surface area contributed by atoms with Crippen molar-refractivity contribution in [3.05, 3.63) is 212 Å². The van der Waals surface area contributed by atoms with Crippen LogP contribution in [0.2, 0.25) is 0 Å². The Balaban J connectivity index is 1.31. The minimum absolute atomic E-state index is 0.747. The van der Waals surface area contributed by atoms with Gasteiger partial charge in [-0.05, 0) is 96.8 Å². The summed E-state index contributed by atoms with van der Waals surface area (Å²) in [6.45, 7) is 4.10. The highest BCUT2D eigenvalue weighted by molar-refractivity contribution is 7.80. The van der Waals surface area contributed by atoms with Crippen molar-refractivity contribution in [2.75, 3.05) is 0 Å². The average Bonchev–Trinajstić information content (AvgIpc) is 3.29. The fourth-order valence-electron chi connectivity index (χ4n) is 8.41. The zero-order chi connectivity index (χ0) is 39.0. The number of ether oxygens (including phenoxy) is 1. The van der Waals surface area contributed by atoms with Crippen LogP contribution in [0.4, 0.5) is 0 Å². The first-order chi connectivity index (χ1) is 28.7. The standard InChI is InChI=1S/C54H38O2P2/c1-2-36-25-30-46-40(35-36)28-32-48(55-47-31-26-37-15-9-12-22-43(37)51(47)53-44-23-13-10-16-38(44)27-33-49(53)56-57)52(46)54-45-24-14-11-17-39(45)29-34-50(54)58(41-18-5-3-6-19-41)42-20-7-4-8-21-42/h2-35H,1,57H2. The molecule has 0 aromatic heterocycles. The largest absolute Gasteiger partial charge is 0.480 e. The highest BCUT2D eigenvalue weighted by Gasteiger charge is 2.27. The Morgan fingerprint density at radius 2 is 0.828 bits per heavy atom. The number of hydrogen-bond acceptors (Lipinski definition) is 2. The smallest absolute Gasteiger partial charge is 0.136 e. The van der Waals surface area contributed by atoms with Crippen molar-refractivity contribution >= 4 is 82.5 Å². The summed E-state index contributed by atoms with van der Waals surface area (Å²) in [5.74, 6) is 2.28. The van der Waals surface area contributed by atoms with Crippen LogP contribution in [0.1, 0.15) is 5.56 Å². The SMILES string of the molecule is C=Cc1ccc2c(-c3c(P(c4ccccc4)c4ccccc4)ccc4ccccc34)c(Oc3ccc4ccccc4c3-c3c(OP)ccc4ccccc34)ccc2c1. The molecule has 10 rings (SSSR count). The molecule has 276 valence electrons. The van der Waals surface area contributed by atoms with Gasteiger partial charge in [-0.15, -0.1) is 0 Å². The van der Waals surface area contributed by atoms with Crippen molar-refractivity contribution < 1.29 is 9.26 Å². The Morgan fingerprint density at radius 1 is 0.397 bits per heavy atom. The molecule has 0 aliphatic heterocycles. The molecule has 10 aromatic rings. The lowest BCUT2D eigenvalue weighted by atomic mass is 9.91. The predicted octanol–water partition coefficient (Wildman–Crippen LogP) is 14.0. The van der Waals surface area contributed by atoms with E-state index in [4.69, 9.17) is 9.26 Å². The molecule has 0 spiro atoms. The average molecular weight is 781 g/mol. The summed E-state index contributed by atoms with van der Waals surface area (Å²) in [6.07, 6.45) is 1.91. The predicted molar refractivity (Wildman–Crippen MR) is 253 cm³/mol. The molecule has 0 heterocycles. The van der Waals surface area contributed by atoms with Crippen LogP contribution in [0.25, 0.3) is 71.4 Å². The van der Waals surface area contributed by atoms with Gasteiger partial charge in [0.1, 0.15) is 17.2 Å². The van der Waals surface area contributed by atoms with Crippen molar-refractivity contribution in [1.82, 2.24) is 0 Å². The molecular formula is C54H38O2P2. The summed E-state index contributed by atoms with van der Waals surface area (Å²) in [5.41, 5.74) is 5.26. The summed E-state index contributed by atoms with van der Waals surface area (Å²) in [6, 6.07) is 71.6. The van der Waals surface area contributed by atoms with Crippen molar-refractivity contribution in [3.8, 4) is 39.5 Å². The van der Waals surface area contributed by atoms with Gasteiger partial charge in [-0.1, -0.05) is 189 Å². The van der Waals surface area contributed by atoms with Crippen LogP contribution >= 0.6 is 17.4 Å². The third-order valence-corrected chi connectivity index (χ3v) is 13.8. The van der Waals surface area contributed by atoms with E-state index in [-0.39, 0.29) is 0 Å². The summed E-state index contributed by atoms with van der Waals surface area (Å²) < 4.78 is 13.6. The Hall–Kier alpha value is -6.56. The van der Waals surface area contributed by atoms with Gasteiger partial charge in [0.2, 0.25) is 0 Å². The lowest BCUT2D eigenvalue weighted by molar-refractivity contribution is 0.487. The van der Waals surface area contributed by atoms with Crippen molar-refractivity contribution in [2.24, 2.45) is 0 Å². The van der Waals surface area contributed by atoms with E-state index in [1.165, 1.54) is 32.2 Å². The second kappa shape index (κ2) is 15.4. The molecule has 58 heavy (non-hydrogen) atoms. The van der Waals surface area contributed by atoms with Gasteiger partial charge >= 0.3 is 0 Å². The van der Waals surface area contributed by atoms with E-state index in [0.717, 1.165) is 71.8 Å². The molecular weight excluding hydrogens is 743 g/mol. The third-order valence-electron chi connectivity index (χ3n) is 11.0. The lowest BCUT2D eigenvalue weighted by Gasteiger charge is -2.26. The second-order valence-electron chi connectivity index (χ2n) is 14.4. The Bertz CT molecular complexity index is 3120. The van der Waals surface area contributed by atoms with Crippen LogP contribution < -0.4 is 25.2 Å². The van der Waals surface area contributed by atoms with Crippen molar-refractivity contribution in [3.63, 3.8) is 0 Å². The van der Waals surface area contributed by atoms with Crippen LogP contribution in [0, 0.1) is 0 Å². The molecule has 0 saturated carbocycles. The summed E-state index contributed by atoms with van der Waals surface area (Å²) in [5, 5.41) is 12.8. The monoisotopic (exact) mass is 780 g/mol. The molecule has 4 heteroatoms. The molecule has 0 aliphatic carbocycles. The number of fused-ring (bicyclic) bond motifs is 4. The summed E-state index contributed by atoms with van der Waals surface area (Å²) in [4.78, 5) is 0. The molecule has 2 nitrogen and oxygen atoms in total. The molecule has 1 atom stereocenters. The Kier molecular flexibility index (Phi) is 9.52. The molecule has 10 aromatic carbocycles. The molecule has 0 saturated heterocycles. The van der Waals surface area contributed by atoms with Gasteiger partial charge in [0.05, 0.1) is 9.47 Å². The minimum Gasteiger partial charge on any atom is -0.480 e. The van der Waals surface area contributed by atoms with Gasteiger partial charge in [0.25, 0.3) is 0 Å². The van der Waals surface area contributed by atoms with Crippen molar-refractivity contribution in [2.45, 2.75) is 0 Å². The van der Waals surface area contributed by atoms with E-state index in [9.17, 15) is 0 Å². The Labute approximate surface area is 342 Å². The van der Waals surface area contributed by atoms with Gasteiger partial charge in [-0.2, -0.15) is 0 Å². The van der Waals surface area contributed by atoms with Crippen LogP contribution in [-0.2, 0) is 0 Å². The van der Waals surface area contributed by atoms with Gasteiger partial charge in [0, 0.05) is 22.3 Å². The van der Waals surface area contributed by atoms with E-state index in [1.54, 1.807) is 0 Å². The normalized spacial score (nSPS) is 11.4. The highest BCUT2D eigenvalue weighted by Crippen LogP contribution is 2.50. The van der Waals surface area contributed by atoms with Crippen LogP contribution in [0.5, 0.6) is 17.2 Å². The summed E-state index contributed by atoms with van der Waals surface area (Å²) in [7, 11) is 1.48. The molecule has 0 bridgehead atoms. The third kappa shape index (κ3) is 6.32. The highest BCUT2D eigenvalue weighted by atomic mass is 31.1. The number of hydrogen-bond donors (Lipinski definition) is 0. The molecule has 0 N–H and O–H groups in total. The fraction of sp³-hybridized carbons (Fsp3) is 0. The second-order valence-corrected chi connectivity index (χ2v) is 16.8. The molecule has 0 radical (unpaired) electrons. The van der Waals surface area contributed by atoms with Crippen molar-refractivity contribution in [1.29, 1.82) is 0 Å². The molecule has 0 amide bonds. The molecule has 0 fully saturated rings. The Morgan fingerprint density at radius 3 is 1.38 bits per heavy atom. The maximum absolute atomic E-state index is 7.49. The molecule has 0 aliphatic rings. The van der Waals surface area contributed by atoms with Gasteiger partial charge in [-0.25, -0.2) is 0 Å². The van der Waals surface area contributed by atoms with E-state index in [0.29, 0.717) is 0 Å². The number of benzene rings is 10. The van der Waals surface area contributed by atoms with Gasteiger partial charge < -0.3 is 9.26 Å². The van der Waals surface area contributed by atoms with Crippen LogP contribution in [0.15, 0.2) is 207 Å². The fourth-order valence-corrected chi connectivity index (χ4v) is 11.1. The quantitative estimate of drug-likeness (QED) is 0.136. The first-order valence-electron chi connectivity index (χ1n) is 19.4.